The van der Waals surface area contributed by atoms with Crippen LogP contribution in [0.15, 0.2) is 42.7 Å². The largest absolute Gasteiger partial charge is 0.354 e. The van der Waals surface area contributed by atoms with Crippen LogP contribution in [0.1, 0.15) is 24.4 Å². The van der Waals surface area contributed by atoms with Gasteiger partial charge in [0.25, 0.3) is 0 Å². The first-order chi connectivity index (χ1) is 13.0. The lowest BCUT2D eigenvalue weighted by Gasteiger charge is -2.32. The van der Waals surface area contributed by atoms with Crippen LogP contribution in [-0.4, -0.2) is 54.5 Å². The number of hydrogen-bond donors (Lipinski definition) is 1. The van der Waals surface area contributed by atoms with Gasteiger partial charge in [0.1, 0.15) is 5.82 Å². The third-order valence-electron chi connectivity index (χ3n) is 5.05. The second-order valence-corrected chi connectivity index (χ2v) is 7.09. The average Bonchev–Trinajstić information content (AvgIpc) is 2.70. The maximum Gasteiger partial charge on any atom is 0.225 e. The molecule has 7 heteroatoms. The summed E-state index contributed by atoms with van der Waals surface area (Å²) < 4.78 is 13.2. The van der Waals surface area contributed by atoms with Crippen molar-refractivity contribution in [1.29, 1.82) is 0 Å². The number of halogens is 1. The van der Waals surface area contributed by atoms with Crippen LogP contribution in [0.4, 0.5) is 10.3 Å². The number of nitrogens with zero attached hydrogens (tertiary/aromatic N) is 4. The fourth-order valence-electron chi connectivity index (χ4n) is 3.42. The predicted octanol–water partition coefficient (Wildman–Crippen LogP) is 2.25. The molecule has 1 saturated heterocycles. The van der Waals surface area contributed by atoms with Crippen molar-refractivity contribution in [2.75, 3.05) is 38.6 Å². The minimum absolute atomic E-state index is 0.000919. The SMILES string of the molecule is CN(C)C(CNC(=O)C1CCN(c2ncccn2)CC1)c1ccc(F)cc1. The monoisotopic (exact) mass is 371 g/mol. The number of likely N-dealkylation sites (N-methyl/N-ethyl adjacent to an activating group) is 1. The standard InChI is InChI=1S/C20H26FN5O/c1-25(2)18(15-4-6-17(21)7-5-15)14-24-19(27)16-8-12-26(13-9-16)20-22-10-3-11-23-20/h3-7,10-11,16,18H,8-9,12-14H2,1-2H3,(H,24,27). The van der Waals surface area contributed by atoms with Gasteiger partial charge in [-0.15, -0.1) is 0 Å². The van der Waals surface area contributed by atoms with E-state index in [1.165, 1.54) is 12.1 Å². The maximum atomic E-state index is 13.2. The normalized spacial score (nSPS) is 16.4. The number of aromatic nitrogens is 2. The highest BCUT2D eigenvalue weighted by atomic mass is 19.1. The zero-order chi connectivity index (χ0) is 19.2. The molecule has 2 heterocycles. The molecule has 1 N–H and O–H groups in total. The molecule has 1 atom stereocenters. The number of nitrogens with one attached hydrogen (secondary N) is 1. The Bertz CT molecular complexity index is 730. The molecular weight excluding hydrogens is 345 g/mol. The van der Waals surface area contributed by atoms with Crippen molar-refractivity contribution in [3.8, 4) is 0 Å². The molecule has 0 aliphatic carbocycles. The quantitative estimate of drug-likeness (QED) is 0.844. The smallest absolute Gasteiger partial charge is 0.225 e. The van der Waals surface area contributed by atoms with Crippen LogP contribution in [0, 0.1) is 11.7 Å². The van der Waals surface area contributed by atoms with E-state index in [0.717, 1.165) is 37.4 Å². The minimum atomic E-state index is -0.255. The molecule has 0 saturated carbocycles. The predicted molar refractivity (Wildman–Crippen MR) is 103 cm³/mol. The molecule has 27 heavy (non-hydrogen) atoms. The molecule has 1 amide bonds. The van der Waals surface area contributed by atoms with Crippen molar-refractivity contribution in [2.24, 2.45) is 5.92 Å². The summed E-state index contributed by atoms with van der Waals surface area (Å²) in [5.41, 5.74) is 0.984. The Morgan fingerprint density at radius 3 is 2.44 bits per heavy atom. The van der Waals surface area contributed by atoms with Gasteiger partial charge in [-0.25, -0.2) is 14.4 Å². The van der Waals surface area contributed by atoms with E-state index >= 15 is 0 Å². The van der Waals surface area contributed by atoms with Gasteiger partial charge in [-0.05, 0) is 50.7 Å². The number of anilines is 1. The summed E-state index contributed by atoms with van der Waals surface area (Å²) >= 11 is 0. The van der Waals surface area contributed by atoms with Gasteiger partial charge < -0.3 is 15.1 Å². The van der Waals surface area contributed by atoms with Gasteiger partial charge in [0.15, 0.2) is 0 Å². The Kier molecular flexibility index (Phi) is 6.34. The highest BCUT2D eigenvalue weighted by Gasteiger charge is 2.26. The van der Waals surface area contributed by atoms with Gasteiger partial charge >= 0.3 is 0 Å². The van der Waals surface area contributed by atoms with Crippen molar-refractivity contribution >= 4 is 11.9 Å². The molecule has 6 nitrogen and oxygen atoms in total. The molecule has 144 valence electrons. The van der Waals surface area contributed by atoms with E-state index < -0.39 is 0 Å². The first kappa shape index (κ1) is 19.2. The summed E-state index contributed by atoms with van der Waals surface area (Å²) in [7, 11) is 3.91. The number of amides is 1. The van der Waals surface area contributed by atoms with Crippen molar-refractivity contribution in [3.05, 3.63) is 54.1 Å². The molecule has 1 fully saturated rings. The van der Waals surface area contributed by atoms with Gasteiger partial charge in [-0.2, -0.15) is 0 Å². The Balaban J connectivity index is 1.52. The zero-order valence-electron chi connectivity index (χ0n) is 15.8. The van der Waals surface area contributed by atoms with E-state index in [4.69, 9.17) is 0 Å². The van der Waals surface area contributed by atoms with Gasteiger partial charge in [0.2, 0.25) is 11.9 Å². The highest BCUT2D eigenvalue weighted by molar-refractivity contribution is 5.79. The Morgan fingerprint density at radius 1 is 1.22 bits per heavy atom. The van der Waals surface area contributed by atoms with Crippen molar-refractivity contribution in [2.45, 2.75) is 18.9 Å². The Morgan fingerprint density at radius 2 is 1.85 bits per heavy atom. The molecule has 0 radical (unpaired) electrons. The second kappa shape index (κ2) is 8.90. The van der Waals surface area contributed by atoms with Crippen LogP contribution in [0.25, 0.3) is 0 Å². The van der Waals surface area contributed by atoms with E-state index in [-0.39, 0.29) is 23.7 Å². The van der Waals surface area contributed by atoms with Crippen LogP contribution >= 0.6 is 0 Å². The summed E-state index contributed by atoms with van der Waals surface area (Å²) in [5.74, 6) is 0.549. The fraction of sp³-hybridized carbons (Fsp3) is 0.450. The van der Waals surface area contributed by atoms with E-state index in [0.29, 0.717) is 6.54 Å². The van der Waals surface area contributed by atoms with E-state index in [1.54, 1.807) is 30.6 Å². The lowest BCUT2D eigenvalue weighted by molar-refractivity contribution is -0.125. The topological polar surface area (TPSA) is 61.4 Å². The molecule has 3 rings (SSSR count). The van der Waals surface area contributed by atoms with Crippen LogP contribution in [0.3, 0.4) is 0 Å². The summed E-state index contributed by atoms with van der Waals surface area (Å²) in [6.07, 6.45) is 5.04. The molecule has 1 aliphatic heterocycles. The number of benzene rings is 1. The summed E-state index contributed by atoms with van der Waals surface area (Å²) in [6, 6.07) is 8.25. The molecule has 1 unspecified atom stereocenters. The number of hydrogen-bond acceptors (Lipinski definition) is 5. The molecule has 2 aromatic rings. The van der Waals surface area contributed by atoms with Crippen LogP contribution in [0.2, 0.25) is 0 Å². The van der Waals surface area contributed by atoms with E-state index in [2.05, 4.69) is 20.2 Å². The number of carbonyl (C=O) groups excluding carboxylic acids is 1. The van der Waals surface area contributed by atoms with Gasteiger partial charge in [0, 0.05) is 37.9 Å². The number of piperidine rings is 1. The van der Waals surface area contributed by atoms with Crippen LogP contribution in [0.5, 0.6) is 0 Å². The van der Waals surface area contributed by atoms with Crippen LogP contribution in [-0.2, 0) is 4.79 Å². The van der Waals surface area contributed by atoms with Crippen LogP contribution < -0.4 is 10.2 Å². The van der Waals surface area contributed by atoms with E-state index in [1.807, 2.05) is 19.0 Å². The van der Waals surface area contributed by atoms with Crippen molar-refractivity contribution in [1.82, 2.24) is 20.2 Å². The third kappa shape index (κ3) is 5.01. The Labute approximate surface area is 159 Å². The van der Waals surface area contributed by atoms with Gasteiger partial charge in [0.05, 0.1) is 6.04 Å². The van der Waals surface area contributed by atoms with Gasteiger partial charge in [-0.3, -0.25) is 4.79 Å². The first-order valence-electron chi connectivity index (χ1n) is 9.26. The molecule has 1 aromatic heterocycles. The highest BCUT2D eigenvalue weighted by Crippen LogP contribution is 2.22. The fourth-order valence-corrected chi connectivity index (χ4v) is 3.42. The average molecular weight is 371 g/mol. The molecular formula is C20H26FN5O. The van der Waals surface area contributed by atoms with Gasteiger partial charge in [-0.1, -0.05) is 12.1 Å². The van der Waals surface area contributed by atoms with E-state index in [9.17, 15) is 9.18 Å². The van der Waals surface area contributed by atoms with Crippen molar-refractivity contribution < 1.29 is 9.18 Å². The molecule has 1 aliphatic rings. The summed E-state index contributed by atoms with van der Waals surface area (Å²) in [4.78, 5) is 25.3. The molecule has 0 spiro atoms. The zero-order valence-corrected chi connectivity index (χ0v) is 15.8. The lowest BCUT2D eigenvalue weighted by atomic mass is 9.95. The minimum Gasteiger partial charge on any atom is -0.354 e. The first-order valence-corrected chi connectivity index (χ1v) is 9.26. The Hall–Kier alpha value is -2.54. The summed E-state index contributed by atoms with van der Waals surface area (Å²) in [6.45, 7) is 2.05. The third-order valence-corrected chi connectivity index (χ3v) is 5.05. The number of rotatable bonds is 6. The summed E-state index contributed by atoms with van der Waals surface area (Å²) in [5, 5.41) is 3.08. The molecule has 0 bridgehead atoms. The van der Waals surface area contributed by atoms with Crippen molar-refractivity contribution in [3.63, 3.8) is 0 Å². The number of carbonyl (C=O) groups is 1. The lowest BCUT2D eigenvalue weighted by Crippen LogP contribution is -2.43. The molecule has 1 aromatic carbocycles. The second-order valence-electron chi connectivity index (χ2n) is 7.09. The maximum absolute atomic E-state index is 13.2.